The summed E-state index contributed by atoms with van der Waals surface area (Å²) in [7, 11) is 4.49. The van der Waals surface area contributed by atoms with Crippen molar-refractivity contribution in [3.8, 4) is 17.2 Å². The summed E-state index contributed by atoms with van der Waals surface area (Å²) in [5, 5.41) is 13.2. The molecule has 1 aromatic heterocycles. The summed E-state index contributed by atoms with van der Waals surface area (Å²) in [5.74, 6) is 1.15. The highest BCUT2D eigenvalue weighted by atomic mass is 32.2. The number of benzene rings is 1. The van der Waals surface area contributed by atoms with Crippen LogP contribution in [0.15, 0.2) is 16.5 Å². The van der Waals surface area contributed by atoms with Crippen molar-refractivity contribution in [1.82, 2.24) is 10.2 Å². The third kappa shape index (κ3) is 5.89. The van der Waals surface area contributed by atoms with Gasteiger partial charge in [-0.2, -0.15) is 0 Å². The number of thioether (sulfide) groups is 1. The molecular formula is C16H20N4O6S2. The number of hydrogen-bond acceptors (Lipinski definition) is 10. The fourth-order valence-corrected chi connectivity index (χ4v) is 3.59. The van der Waals surface area contributed by atoms with Gasteiger partial charge in [-0.15, -0.1) is 10.2 Å². The Kier molecular flexibility index (Phi) is 8.14. The molecule has 0 aliphatic carbocycles. The van der Waals surface area contributed by atoms with Crippen LogP contribution in [0, 0.1) is 0 Å². The number of methoxy groups -OCH3 is 3. The number of nitrogens with one attached hydrogen (secondary N) is 2. The predicted molar refractivity (Wildman–Crippen MR) is 106 cm³/mol. The average Bonchev–Trinajstić information content (AvgIpc) is 3.12. The lowest BCUT2D eigenvalue weighted by atomic mass is 10.2. The lowest BCUT2D eigenvalue weighted by molar-refractivity contribution is -0.113. The molecule has 12 heteroatoms. The number of carbonyl (C=O) groups excluding carboxylic acids is 2. The zero-order valence-electron chi connectivity index (χ0n) is 15.7. The molecular weight excluding hydrogens is 408 g/mol. The summed E-state index contributed by atoms with van der Waals surface area (Å²) in [6, 6.07) is 3.27. The van der Waals surface area contributed by atoms with Crippen molar-refractivity contribution in [3.05, 3.63) is 12.1 Å². The first-order chi connectivity index (χ1) is 13.5. The van der Waals surface area contributed by atoms with E-state index in [0.29, 0.717) is 32.4 Å². The Labute approximate surface area is 169 Å². The molecule has 2 aromatic rings. The summed E-state index contributed by atoms with van der Waals surface area (Å²) < 4.78 is 21.1. The van der Waals surface area contributed by atoms with Crippen LogP contribution in [0.4, 0.5) is 15.6 Å². The zero-order valence-corrected chi connectivity index (χ0v) is 17.4. The Bertz CT molecular complexity index is 804. The number of anilines is 2. The van der Waals surface area contributed by atoms with Gasteiger partial charge >= 0.3 is 6.09 Å². The minimum absolute atomic E-state index is 0.102. The predicted octanol–water partition coefficient (Wildman–Crippen LogP) is 2.86. The maximum atomic E-state index is 12.2. The number of rotatable bonds is 9. The molecule has 0 saturated carbocycles. The maximum Gasteiger partial charge on any atom is 0.413 e. The summed E-state index contributed by atoms with van der Waals surface area (Å²) in [6.45, 7) is 1.96. The largest absolute Gasteiger partial charge is 0.493 e. The molecule has 0 aliphatic rings. The topological polar surface area (TPSA) is 121 Å². The first kappa shape index (κ1) is 21.6. The van der Waals surface area contributed by atoms with Gasteiger partial charge < -0.3 is 24.3 Å². The molecule has 0 aliphatic heterocycles. The zero-order chi connectivity index (χ0) is 20.5. The smallest absolute Gasteiger partial charge is 0.413 e. The normalized spacial score (nSPS) is 10.1. The Hall–Kier alpha value is -2.73. The van der Waals surface area contributed by atoms with Gasteiger partial charge in [-0.05, 0) is 6.92 Å². The van der Waals surface area contributed by atoms with Gasteiger partial charge in [0.05, 0.1) is 33.7 Å². The number of aromatic nitrogens is 2. The second-order valence-corrected chi connectivity index (χ2v) is 7.17. The fraction of sp³-hybridized carbons (Fsp3) is 0.375. The van der Waals surface area contributed by atoms with E-state index in [1.165, 1.54) is 33.1 Å². The molecule has 2 rings (SSSR count). The van der Waals surface area contributed by atoms with Gasteiger partial charge in [-0.25, -0.2) is 4.79 Å². The summed E-state index contributed by atoms with van der Waals surface area (Å²) in [4.78, 5) is 23.6. The molecule has 0 bridgehead atoms. The number of hydrogen-bond donors (Lipinski definition) is 2. The van der Waals surface area contributed by atoms with Gasteiger partial charge in [-0.1, -0.05) is 23.1 Å². The van der Waals surface area contributed by atoms with E-state index in [9.17, 15) is 9.59 Å². The van der Waals surface area contributed by atoms with Gasteiger partial charge in [0.25, 0.3) is 0 Å². The standard InChI is InChI=1S/C16H20N4O6S2/c1-5-26-15(22)18-14-19-20-16(28-14)27-8-12(21)17-9-6-10(23-2)13(25-4)11(7-9)24-3/h6-7H,5,8H2,1-4H3,(H,17,21)(H,18,19,22). The minimum Gasteiger partial charge on any atom is -0.493 e. The van der Waals surface area contributed by atoms with Crippen molar-refractivity contribution < 1.29 is 28.5 Å². The highest BCUT2D eigenvalue weighted by Gasteiger charge is 2.15. The summed E-state index contributed by atoms with van der Waals surface area (Å²) in [5.41, 5.74) is 0.502. The monoisotopic (exact) mass is 428 g/mol. The van der Waals surface area contributed by atoms with Crippen molar-refractivity contribution in [1.29, 1.82) is 0 Å². The van der Waals surface area contributed by atoms with E-state index in [4.69, 9.17) is 18.9 Å². The van der Waals surface area contributed by atoms with E-state index in [2.05, 4.69) is 20.8 Å². The third-order valence-corrected chi connectivity index (χ3v) is 5.14. The molecule has 2 amide bonds. The average molecular weight is 428 g/mol. The molecule has 0 atom stereocenters. The van der Waals surface area contributed by atoms with Crippen molar-refractivity contribution >= 4 is 45.9 Å². The molecule has 0 spiro atoms. The Morgan fingerprint density at radius 2 is 1.75 bits per heavy atom. The minimum atomic E-state index is -0.602. The highest BCUT2D eigenvalue weighted by Crippen LogP contribution is 2.40. The number of ether oxygens (including phenoxy) is 4. The lowest BCUT2D eigenvalue weighted by Gasteiger charge is -2.14. The van der Waals surface area contributed by atoms with Crippen molar-refractivity contribution in [2.45, 2.75) is 11.3 Å². The quantitative estimate of drug-likeness (QED) is 0.459. The lowest BCUT2D eigenvalue weighted by Crippen LogP contribution is -2.14. The van der Waals surface area contributed by atoms with Crippen LogP contribution in [0.25, 0.3) is 0 Å². The molecule has 0 fully saturated rings. The van der Waals surface area contributed by atoms with Crippen LogP contribution < -0.4 is 24.8 Å². The molecule has 0 unspecified atom stereocenters. The molecule has 1 aromatic carbocycles. The number of amides is 2. The van der Waals surface area contributed by atoms with Gasteiger partial charge in [0.1, 0.15) is 0 Å². The van der Waals surface area contributed by atoms with Gasteiger partial charge in [0.2, 0.25) is 16.8 Å². The Balaban J connectivity index is 1.94. The van der Waals surface area contributed by atoms with Crippen LogP contribution in [-0.2, 0) is 9.53 Å². The van der Waals surface area contributed by atoms with Crippen molar-refractivity contribution in [2.24, 2.45) is 0 Å². The molecule has 28 heavy (non-hydrogen) atoms. The van der Waals surface area contributed by atoms with E-state index < -0.39 is 6.09 Å². The van der Waals surface area contributed by atoms with Crippen molar-refractivity contribution in [3.63, 3.8) is 0 Å². The SMILES string of the molecule is CCOC(=O)Nc1nnc(SCC(=O)Nc2cc(OC)c(OC)c(OC)c2)s1. The van der Waals surface area contributed by atoms with Crippen LogP contribution in [0.1, 0.15) is 6.92 Å². The van der Waals surface area contributed by atoms with E-state index in [1.807, 2.05) is 0 Å². The van der Waals surface area contributed by atoms with Gasteiger partial charge in [0, 0.05) is 17.8 Å². The van der Waals surface area contributed by atoms with Crippen LogP contribution in [0.5, 0.6) is 17.2 Å². The van der Waals surface area contributed by atoms with Crippen LogP contribution in [-0.4, -0.2) is 55.9 Å². The van der Waals surface area contributed by atoms with Gasteiger partial charge in [0.15, 0.2) is 15.8 Å². The highest BCUT2D eigenvalue weighted by molar-refractivity contribution is 8.01. The first-order valence-corrected chi connectivity index (χ1v) is 9.80. The Morgan fingerprint density at radius 1 is 1.07 bits per heavy atom. The second-order valence-electron chi connectivity index (χ2n) is 4.97. The summed E-state index contributed by atoms with van der Waals surface area (Å²) in [6.07, 6.45) is -0.602. The van der Waals surface area contributed by atoms with Crippen LogP contribution >= 0.6 is 23.1 Å². The molecule has 0 radical (unpaired) electrons. The van der Waals surface area contributed by atoms with E-state index in [-0.39, 0.29) is 18.3 Å². The van der Waals surface area contributed by atoms with Gasteiger partial charge in [-0.3, -0.25) is 10.1 Å². The molecule has 10 nitrogen and oxygen atoms in total. The maximum absolute atomic E-state index is 12.2. The molecule has 0 saturated heterocycles. The summed E-state index contributed by atoms with van der Waals surface area (Å²) >= 11 is 2.33. The third-order valence-electron chi connectivity index (χ3n) is 3.17. The first-order valence-electron chi connectivity index (χ1n) is 8.00. The second kappa shape index (κ2) is 10.6. The fourth-order valence-electron chi connectivity index (χ4n) is 2.05. The Morgan fingerprint density at radius 3 is 2.32 bits per heavy atom. The number of carbonyl (C=O) groups is 2. The van der Waals surface area contributed by atoms with Crippen LogP contribution in [0.2, 0.25) is 0 Å². The van der Waals surface area contributed by atoms with E-state index in [0.717, 1.165) is 11.3 Å². The van der Waals surface area contributed by atoms with E-state index >= 15 is 0 Å². The van der Waals surface area contributed by atoms with Crippen molar-refractivity contribution in [2.75, 3.05) is 44.3 Å². The molecule has 2 N–H and O–H groups in total. The van der Waals surface area contributed by atoms with Crippen LogP contribution in [0.3, 0.4) is 0 Å². The molecule has 1 heterocycles. The van der Waals surface area contributed by atoms with E-state index in [1.54, 1.807) is 19.1 Å². The molecule has 152 valence electrons. The number of nitrogens with zero attached hydrogens (tertiary/aromatic N) is 2.